The zero-order chi connectivity index (χ0) is 13.5. The van der Waals surface area contributed by atoms with E-state index in [1.165, 1.54) is 71.0 Å². The first-order chi connectivity index (χ1) is 9.33. The van der Waals surface area contributed by atoms with Crippen molar-refractivity contribution in [3.05, 3.63) is 0 Å². The number of ether oxygens (including phenoxy) is 1. The number of nitrogens with zero attached hydrogens (tertiary/aromatic N) is 1. The van der Waals surface area contributed by atoms with E-state index in [9.17, 15) is 0 Å². The monoisotopic (exact) mass is 268 g/mol. The third kappa shape index (κ3) is 4.73. The van der Waals surface area contributed by atoms with E-state index in [0.717, 1.165) is 12.1 Å². The number of piperidine rings is 1. The van der Waals surface area contributed by atoms with Crippen LogP contribution in [0.2, 0.25) is 0 Å². The Morgan fingerprint density at radius 1 is 1.16 bits per heavy atom. The van der Waals surface area contributed by atoms with Crippen LogP contribution < -0.4 is 5.32 Å². The first-order valence-corrected chi connectivity index (χ1v) is 8.33. The predicted octanol–water partition coefficient (Wildman–Crippen LogP) is 2.80. The highest BCUT2D eigenvalue weighted by molar-refractivity contribution is 4.84. The minimum atomic E-state index is 0.498. The first kappa shape index (κ1) is 15.3. The van der Waals surface area contributed by atoms with Crippen LogP contribution in [0.3, 0.4) is 0 Å². The van der Waals surface area contributed by atoms with Crippen LogP contribution in [-0.4, -0.2) is 49.8 Å². The number of methoxy groups -OCH3 is 1. The van der Waals surface area contributed by atoms with Gasteiger partial charge in [0.2, 0.25) is 0 Å². The van der Waals surface area contributed by atoms with E-state index in [0.29, 0.717) is 6.10 Å². The fraction of sp³-hybridized carbons (Fsp3) is 1.00. The lowest BCUT2D eigenvalue weighted by atomic mass is 9.91. The topological polar surface area (TPSA) is 24.5 Å². The quantitative estimate of drug-likeness (QED) is 0.801. The molecule has 1 N–H and O–H groups in total. The van der Waals surface area contributed by atoms with Gasteiger partial charge in [0, 0.05) is 25.7 Å². The number of hydrogen-bond donors (Lipinski definition) is 1. The summed E-state index contributed by atoms with van der Waals surface area (Å²) in [5, 5.41) is 3.70. The second-order valence-corrected chi connectivity index (χ2v) is 6.32. The Balaban J connectivity index is 1.86. The molecule has 0 spiro atoms. The largest absolute Gasteiger partial charge is 0.381 e. The van der Waals surface area contributed by atoms with Crippen LogP contribution in [0.1, 0.15) is 58.3 Å². The molecular formula is C16H32N2O. The van der Waals surface area contributed by atoms with Gasteiger partial charge in [-0.15, -0.1) is 0 Å². The van der Waals surface area contributed by atoms with E-state index in [1.807, 2.05) is 7.11 Å². The van der Waals surface area contributed by atoms with E-state index >= 15 is 0 Å². The van der Waals surface area contributed by atoms with Gasteiger partial charge >= 0.3 is 0 Å². The van der Waals surface area contributed by atoms with Crippen LogP contribution in [0.5, 0.6) is 0 Å². The molecule has 1 aliphatic heterocycles. The Kier molecular flexibility index (Phi) is 6.62. The van der Waals surface area contributed by atoms with Crippen LogP contribution in [0.15, 0.2) is 0 Å². The van der Waals surface area contributed by atoms with Crippen molar-refractivity contribution >= 4 is 0 Å². The van der Waals surface area contributed by atoms with E-state index in [1.54, 1.807) is 0 Å². The maximum Gasteiger partial charge on any atom is 0.0586 e. The third-order valence-corrected chi connectivity index (χ3v) is 4.83. The van der Waals surface area contributed by atoms with Crippen molar-refractivity contribution in [1.29, 1.82) is 0 Å². The fourth-order valence-corrected chi connectivity index (χ4v) is 3.74. The van der Waals surface area contributed by atoms with Gasteiger partial charge in [0.15, 0.2) is 0 Å². The molecule has 3 atom stereocenters. The van der Waals surface area contributed by atoms with Gasteiger partial charge in [-0.05, 0) is 58.0 Å². The molecule has 1 heterocycles. The Bertz CT molecular complexity index is 241. The lowest BCUT2D eigenvalue weighted by Gasteiger charge is -2.39. The third-order valence-electron chi connectivity index (χ3n) is 4.83. The molecular weight excluding hydrogens is 236 g/mol. The van der Waals surface area contributed by atoms with Gasteiger partial charge < -0.3 is 10.1 Å². The minimum Gasteiger partial charge on any atom is -0.381 e. The molecule has 1 aliphatic carbocycles. The molecule has 2 aliphatic rings. The van der Waals surface area contributed by atoms with Crippen molar-refractivity contribution in [2.24, 2.45) is 0 Å². The van der Waals surface area contributed by atoms with Gasteiger partial charge in [-0.1, -0.05) is 13.3 Å². The number of nitrogens with one attached hydrogen (secondary N) is 1. The van der Waals surface area contributed by atoms with Gasteiger partial charge in [0.25, 0.3) is 0 Å². The molecule has 0 aromatic rings. The van der Waals surface area contributed by atoms with E-state index in [2.05, 4.69) is 17.1 Å². The minimum absolute atomic E-state index is 0.498. The molecule has 0 aromatic carbocycles. The van der Waals surface area contributed by atoms with Gasteiger partial charge in [0.05, 0.1) is 6.10 Å². The van der Waals surface area contributed by atoms with Crippen LogP contribution in [0.4, 0.5) is 0 Å². The summed E-state index contributed by atoms with van der Waals surface area (Å²) >= 11 is 0. The molecule has 3 nitrogen and oxygen atoms in total. The normalized spacial score (nSPS) is 32.7. The molecule has 1 saturated heterocycles. The lowest BCUT2D eigenvalue weighted by molar-refractivity contribution is 0.0243. The van der Waals surface area contributed by atoms with Crippen molar-refractivity contribution in [1.82, 2.24) is 10.2 Å². The summed E-state index contributed by atoms with van der Waals surface area (Å²) in [6.45, 7) is 6.02. The van der Waals surface area contributed by atoms with Gasteiger partial charge in [-0.25, -0.2) is 0 Å². The second kappa shape index (κ2) is 8.23. The average Bonchev–Trinajstić information content (AvgIpc) is 2.48. The molecule has 0 radical (unpaired) electrons. The SMILES string of the molecule is CCCN(CC1CCCCN1)C1CCCC(OC)C1. The zero-order valence-corrected chi connectivity index (χ0v) is 12.9. The van der Waals surface area contributed by atoms with Crippen LogP contribution in [-0.2, 0) is 4.74 Å². The summed E-state index contributed by atoms with van der Waals surface area (Å²) < 4.78 is 5.60. The smallest absolute Gasteiger partial charge is 0.0586 e. The zero-order valence-electron chi connectivity index (χ0n) is 12.9. The maximum absolute atomic E-state index is 5.60. The van der Waals surface area contributed by atoms with Gasteiger partial charge in [-0.3, -0.25) is 4.90 Å². The highest BCUT2D eigenvalue weighted by atomic mass is 16.5. The Hall–Kier alpha value is -0.120. The second-order valence-electron chi connectivity index (χ2n) is 6.32. The Morgan fingerprint density at radius 2 is 2.05 bits per heavy atom. The molecule has 0 amide bonds. The summed E-state index contributed by atoms with van der Waals surface area (Å²) in [4.78, 5) is 2.74. The molecule has 3 unspecified atom stereocenters. The van der Waals surface area contributed by atoms with Crippen molar-refractivity contribution < 1.29 is 4.74 Å². The van der Waals surface area contributed by atoms with Gasteiger partial charge in [0.1, 0.15) is 0 Å². The average molecular weight is 268 g/mol. The predicted molar refractivity (Wildman–Crippen MR) is 80.6 cm³/mol. The molecule has 1 saturated carbocycles. The van der Waals surface area contributed by atoms with E-state index in [-0.39, 0.29) is 0 Å². The van der Waals surface area contributed by atoms with Crippen molar-refractivity contribution in [2.45, 2.75) is 76.5 Å². The Labute approximate surface area is 119 Å². The van der Waals surface area contributed by atoms with Crippen molar-refractivity contribution in [3.8, 4) is 0 Å². The van der Waals surface area contributed by atoms with Gasteiger partial charge in [-0.2, -0.15) is 0 Å². The summed E-state index contributed by atoms with van der Waals surface area (Å²) in [5.74, 6) is 0. The van der Waals surface area contributed by atoms with Crippen LogP contribution in [0, 0.1) is 0 Å². The van der Waals surface area contributed by atoms with E-state index in [4.69, 9.17) is 4.74 Å². The molecule has 2 fully saturated rings. The summed E-state index contributed by atoms with van der Waals surface area (Å²) in [6, 6.07) is 1.48. The van der Waals surface area contributed by atoms with Crippen molar-refractivity contribution in [3.63, 3.8) is 0 Å². The summed E-state index contributed by atoms with van der Waals surface area (Å²) in [7, 11) is 1.87. The summed E-state index contributed by atoms with van der Waals surface area (Å²) in [6.07, 6.45) is 11.1. The Morgan fingerprint density at radius 3 is 2.74 bits per heavy atom. The van der Waals surface area contributed by atoms with E-state index < -0.39 is 0 Å². The fourth-order valence-electron chi connectivity index (χ4n) is 3.74. The highest BCUT2D eigenvalue weighted by Crippen LogP contribution is 2.25. The first-order valence-electron chi connectivity index (χ1n) is 8.33. The number of hydrogen-bond acceptors (Lipinski definition) is 3. The molecule has 2 rings (SSSR count). The van der Waals surface area contributed by atoms with Crippen molar-refractivity contribution in [2.75, 3.05) is 26.7 Å². The maximum atomic E-state index is 5.60. The lowest BCUT2D eigenvalue weighted by Crippen LogP contribution is -2.49. The standard InChI is InChI=1S/C16H32N2O/c1-3-11-18(13-14-7-4-5-10-17-14)15-8-6-9-16(12-15)19-2/h14-17H,3-13H2,1-2H3. The molecule has 19 heavy (non-hydrogen) atoms. The number of rotatable bonds is 6. The molecule has 0 aromatic heterocycles. The molecule has 112 valence electrons. The highest BCUT2D eigenvalue weighted by Gasteiger charge is 2.28. The van der Waals surface area contributed by atoms with Crippen LogP contribution in [0.25, 0.3) is 0 Å². The molecule has 3 heteroatoms. The summed E-state index contributed by atoms with van der Waals surface area (Å²) in [5.41, 5.74) is 0. The van der Waals surface area contributed by atoms with Crippen LogP contribution >= 0.6 is 0 Å². The molecule has 0 bridgehead atoms.